The standard InChI is InChI=1S/C22H24N4O2S/c1-16-8-10-18(11-9-16)20-23-24-22(25(20)2)29-19(17-6-4-3-5-7-17)21(27)26-12-14-28-15-13-26/h3-11,19H,12-15H2,1-2H3/t19-/m0/s1. The lowest BCUT2D eigenvalue weighted by Gasteiger charge is -2.30. The minimum Gasteiger partial charge on any atom is -0.378 e. The Morgan fingerprint density at radius 2 is 1.72 bits per heavy atom. The van der Waals surface area contributed by atoms with Crippen LogP contribution in [0.3, 0.4) is 0 Å². The number of amides is 1. The van der Waals surface area contributed by atoms with Gasteiger partial charge >= 0.3 is 0 Å². The number of carbonyl (C=O) groups excluding carboxylic acids is 1. The summed E-state index contributed by atoms with van der Waals surface area (Å²) in [6.45, 7) is 4.47. The van der Waals surface area contributed by atoms with Crippen LogP contribution in [0, 0.1) is 6.92 Å². The van der Waals surface area contributed by atoms with Crippen LogP contribution >= 0.6 is 11.8 Å². The first kappa shape index (κ1) is 19.7. The van der Waals surface area contributed by atoms with Crippen LogP contribution in [0.5, 0.6) is 0 Å². The quantitative estimate of drug-likeness (QED) is 0.605. The van der Waals surface area contributed by atoms with Crippen molar-refractivity contribution in [2.24, 2.45) is 7.05 Å². The maximum absolute atomic E-state index is 13.3. The van der Waals surface area contributed by atoms with E-state index in [4.69, 9.17) is 4.74 Å². The number of ether oxygens (including phenoxy) is 1. The van der Waals surface area contributed by atoms with E-state index in [1.807, 2.05) is 59.0 Å². The van der Waals surface area contributed by atoms with Gasteiger partial charge in [-0.3, -0.25) is 4.79 Å². The number of morpholine rings is 1. The number of aryl methyl sites for hydroxylation is 1. The summed E-state index contributed by atoms with van der Waals surface area (Å²) in [6.07, 6.45) is 0. The fourth-order valence-corrected chi connectivity index (χ4v) is 4.40. The molecule has 6 nitrogen and oxygen atoms in total. The third kappa shape index (κ3) is 4.36. The van der Waals surface area contributed by atoms with E-state index < -0.39 is 0 Å². The zero-order valence-electron chi connectivity index (χ0n) is 16.6. The topological polar surface area (TPSA) is 60.3 Å². The van der Waals surface area contributed by atoms with Gasteiger partial charge in [0.2, 0.25) is 5.91 Å². The van der Waals surface area contributed by atoms with Crippen molar-refractivity contribution in [3.05, 3.63) is 65.7 Å². The van der Waals surface area contributed by atoms with Crippen LogP contribution in [0.4, 0.5) is 0 Å². The Morgan fingerprint density at radius 1 is 1.03 bits per heavy atom. The second-order valence-corrected chi connectivity index (χ2v) is 8.15. The van der Waals surface area contributed by atoms with Gasteiger partial charge in [-0.15, -0.1) is 10.2 Å². The summed E-state index contributed by atoms with van der Waals surface area (Å²) < 4.78 is 7.36. The van der Waals surface area contributed by atoms with Crippen LogP contribution in [0.25, 0.3) is 11.4 Å². The van der Waals surface area contributed by atoms with Crippen molar-refractivity contribution in [3.8, 4) is 11.4 Å². The average Bonchev–Trinajstić information content (AvgIpc) is 3.13. The summed E-state index contributed by atoms with van der Waals surface area (Å²) in [6, 6.07) is 18.1. The number of aromatic nitrogens is 3. The van der Waals surface area contributed by atoms with Gasteiger partial charge in [0, 0.05) is 25.7 Å². The number of hydrogen-bond donors (Lipinski definition) is 0. The highest BCUT2D eigenvalue weighted by atomic mass is 32.2. The summed E-state index contributed by atoms with van der Waals surface area (Å²) in [7, 11) is 1.94. The Balaban J connectivity index is 1.62. The number of carbonyl (C=O) groups is 1. The lowest BCUT2D eigenvalue weighted by Crippen LogP contribution is -2.42. The molecule has 1 atom stereocenters. The maximum atomic E-state index is 13.3. The van der Waals surface area contributed by atoms with Crippen molar-refractivity contribution in [1.29, 1.82) is 0 Å². The Bertz CT molecular complexity index is 966. The molecule has 0 N–H and O–H groups in total. The molecule has 2 aromatic carbocycles. The zero-order chi connectivity index (χ0) is 20.2. The minimum absolute atomic E-state index is 0.0874. The molecule has 3 aromatic rings. The molecule has 0 saturated carbocycles. The van der Waals surface area contributed by atoms with Gasteiger partial charge in [0.1, 0.15) is 5.25 Å². The number of hydrogen-bond acceptors (Lipinski definition) is 5. The largest absolute Gasteiger partial charge is 0.378 e. The molecule has 4 rings (SSSR count). The van der Waals surface area contributed by atoms with Gasteiger partial charge in [-0.1, -0.05) is 71.9 Å². The van der Waals surface area contributed by atoms with E-state index in [0.29, 0.717) is 26.3 Å². The monoisotopic (exact) mass is 408 g/mol. The van der Waals surface area contributed by atoms with E-state index in [2.05, 4.69) is 29.3 Å². The summed E-state index contributed by atoms with van der Waals surface area (Å²) in [5, 5.41) is 9.12. The van der Waals surface area contributed by atoms with E-state index in [-0.39, 0.29) is 11.2 Å². The van der Waals surface area contributed by atoms with Crippen LogP contribution < -0.4 is 0 Å². The van der Waals surface area contributed by atoms with E-state index in [1.165, 1.54) is 17.3 Å². The van der Waals surface area contributed by atoms with Crippen LogP contribution in [0.1, 0.15) is 16.4 Å². The molecule has 0 radical (unpaired) electrons. The predicted octanol–water partition coefficient (Wildman–Crippen LogP) is 3.48. The summed E-state index contributed by atoms with van der Waals surface area (Å²) in [4.78, 5) is 15.2. The van der Waals surface area contributed by atoms with Gasteiger partial charge < -0.3 is 14.2 Å². The number of benzene rings is 2. The molecule has 2 heterocycles. The summed E-state index contributed by atoms with van der Waals surface area (Å²) in [5.74, 6) is 0.877. The first-order valence-corrected chi connectivity index (χ1v) is 10.6. The highest BCUT2D eigenvalue weighted by molar-refractivity contribution is 8.00. The maximum Gasteiger partial charge on any atom is 0.240 e. The van der Waals surface area contributed by atoms with Gasteiger partial charge in [-0.2, -0.15) is 0 Å². The molecule has 1 saturated heterocycles. The molecule has 0 unspecified atom stereocenters. The van der Waals surface area contributed by atoms with Gasteiger partial charge in [-0.25, -0.2) is 0 Å². The Hall–Kier alpha value is -2.64. The number of rotatable bonds is 5. The van der Waals surface area contributed by atoms with Gasteiger partial charge in [0.05, 0.1) is 13.2 Å². The van der Waals surface area contributed by atoms with E-state index in [9.17, 15) is 4.79 Å². The van der Waals surface area contributed by atoms with Crippen molar-refractivity contribution < 1.29 is 9.53 Å². The van der Waals surface area contributed by atoms with E-state index in [1.54, 1.807) is 0 Å². The molecule has 0 bridgehead atoms. The lowest BCUT2D eigenvalue weighted by atomic mass is 10.1. The summed E-state index contributed by atoms with van der Waals surface area (Å²) in [5.41, 5.74) is 3.17. The first-order chi connectivity index (χ1) is 14.1. The van der Waals surface area contributed by atoms with Crippen molar-refractivity contribution in [1.82, 2.24) is 19.7 Å². The van der Waals surface area contributed by atoms with Gasteiger partial charge in [0.25, 0.3) is 0 Å². The highest BCUT2D eigenvalue weighted by Crippen LogP contribution is 2.37. The van der Waals surface area contributed by atoms with Crippen molar-refractivity contribution in [2.75, 3.05) is 26.3 Å². The summed E-state index contributed by atoms with van der Waals surface area (Å²) >= 11 is 1.45. The molecule has 150 valence electrons. The third-order valence-corrected chi connectivity index (χ3v) is 6.29. The smallest absolute Gasteiger partial charge is 0.240 e. The molecule has 7 heteroatoms. The molecule has 1 amide bonds. The Kier molecular flexibility index (Phi) is 5.97. The molecule has 29 heavy (non-hydrogen) atoms. The van der Waals surface area contributed by atoms with E-state index in [0.717, 1.165) is 22.1 Å². The van der Waals surface area contributed by atoms with Crippen molar-refractivity contribution in [2.45, 2.75) is 17.3 Å². The van der Waals surface area contributed by atoms with Crippen LogP contribution in [0.2, 0.25) is 0 Å². The van der Waals surface area contributed by atoms with E-state index >= 15 is 0 Å². The average molecular weight is 409 g/mol. The van der Waals surface area contributed by atoms with Gasteiger partial charge in [-0.05, 0) is 12.5 Å². The minimum atomic E-state index is -0.372. The molecular weight excluding hydrogens is 384 g/mol. The number of thioether (sulfide) groups is 1. The second kappa shape index (κ2) is 8.80. The first-order valence-electron chi connectivity index (χ1n) is 9.68. The van der Waals surface area contributed by atoms with Crippen LogP contribution in [0.15, 0.2) is 59.8 Å². The molecule has 1 aliphatic rings. The lowest BCUT2D eigenvalue weighted by molar-refractivity contribution is -0.134. The fraction of sp³-hybridized carbons (Fsp3) is 0.318. The highest BCUT2D eigenvalue weighted by Gasteiger charge is 2.30. The molecule has 1 fully saturated rings. The molecular formula is C22H24N4O2S. The molecule has 0 aliphatic carbocycles. The normalized spacial score (nSPS) is 15.3. The Morgan fingerprint density at radius 3 is 2.41 bits per heavy atom. The second-order valence-electron chi connectivity index (χ2n) is 7.08. The van der Waals surface area contributed by atoms with Gasteiger partial charge in [0.15, 0.2) is 11.0 Å². The van der Waals surface area contributed by atoms with Crippen molar-refractivity contribution in [3.63, 3.8) is 0 Å². The predicted molar refractivity (Wildman–Crippen MR) is 114 cm³/mol. The Labute approximate surface area is 174 Å². The SMILES string of the molecule is Cc1ccc(-c2nnc(S[C@H](C(=O)N3CCOCC3)c3ccccc3)n2C)cc1. The molecule has 0 spiro atoms. The fourth-order valence-electron chi connectivity index (χ4n) is 3.32. The molecule has 1 aromatic heterocycles. The number of nitrogens with zero attached hydrogens (tertiary/aromatic N) is 4. The van der Waals surface area contributed by atoms with Crippen LogP contribution in [-0.2, 0) is 16.6 Å². The third-order valence-electron chi connectivity index (χ3n) is 5.02. The zero-order valence-corrected chi connectivity index (χ0v) is 17.4. The molecule has 1 aliphatic heterocycles. The van der Waals surface area contributed by atoms with Crippen molar-refractivity contribution >= 4 is 17.7 Å². The van der Waals surface area contributed by atoms with Crippen LogP contribution in [-0.4, -0.2) is 51.9 Å².